The lowest BCUT2D eigenvalue weighted by Crippen LogP contribution is -2.36. The molecule has 104 valence electrons. The molecule has 0 spiro atoms. The van der Waals surface area contributed by atoms with E-state index in [1.807, 2.05) is 18.2 Å². The van der Waals surface area contributed by atoms with Gasteiger partial charge in [-0.3, -0.25) is 0 Å². The second-order valence-corrected chi connectivity index (χ2v) is 4.98. The van der Waals surface area contributed by atoms with Crippen LogP contribution in [0.1, 0.15) is 29.6 Å². The Morgan fingerprint density at radius 2 is 2.26 bits per heavy atom. The fourth-order valence-electron chi connectivity index (χ4n) is 2.73. The Balaban J connectivity index is 2.19. The molecule has 1 saturated heterocycles. The molecule has 1 heterocycles. The Morgan fingerprint density at radius 3 is 3.00 bits per heavy atom. The number of methoxy groups -OCH3 is 1. The zero-order valence-electron chi connectivity index (χ0n) is 11.3. The monoisotopic (exact) mass is 263 g/mol. The molecule has 1 unspecified atom stereocenters. The van der Waals surface area contributed by atoms with Gasteiger partial charge in [0.05, 0.1) is 18.4 Å². The van der Waals surface area contributed by atoms with E-state index < -0.39 is 0 Å². The molecule has 0 radical (unpaired) electrons. The van der Waals surface area contributed by atoms with Crippen molar-refractivity contribution in [1.82, 2.24) is 0 Å². The van der Waals surface area contributed by atoms with Crippen LogP contribution in [-0.2, 0) is 4.74 Å². The highest BCUT2D eigenvalue weighted by atomic mass is 16.5. The number of benzene rings is 1. The number of nitrogens with zero attached hydrogens (tertiary/aromatic N) is 1. The van der Waals surface area contributed by atoms with Gasteiger partial charge in [-0.2, -0.15) is 0 Å². The van der Waals surface area contributed by atoms with Crippen molar-refractivity contribution >= 4 is 11.7 Å². The molecule has 1 aromatic carbocycles. The third-order valence-corrected chi connectivity index (χ3v) is 3.71. The predicted molar refractivity (Wildman–Crippen MR) is 74.4 cm³/mol. The molecule has 0 amide bonds. The van der Waals surface area contributed by atoms with Gasteiger partial charge in [0.2, 0.25) is 0 Å². The van der Waals surface area contributed by atoms with E-state index in [4.69, 9.17) is 9.84 Å². The van der Waals surface area contributed by atoms with Crippen molar-refractivity contribution in [2.75, 3.05) is 31.7 Å². The van der Waals surface area contributed by atoms with Crippen molar-refractivity contribution in [3.8, 4) is 0 Å². The summed E-state index contributed by atoms with van der Waals surface area (Å²) in [5.41, 5.74) is 1.56. The van der Waals surface area contributed by atoms with Crippen LogP contribution in [0, 0.1) is 5.92 Å². The van der Waals surface area contributed by atoms with Gasteiger partial charge in [0.15, 0.2) is 0 Å². The minimum absolute atomic E-state index is 0.233. The molecule has 19 heavy (non-hydrogen) atoms. The molecule has 4 nitrogen and oxygen atoms in total. The topological polar surface area (TPSA) is 49.8 Å². The number of para-hydroxylation sites is 1. The summed E-state index contributed by atoms with van der Waals surface area (Å²) in [6.45, 7) is 2.08. The molecule has 0 aliphatic carbocycles. The maximum atomic E-state index is 11.8. The number of hydrogen-bond donors (Lipinski definition) is 1. The molecule has 0 aromatic heterocycles. The van der Waals surface area contributed by atoms with Crippen LogP contribution in [-0.4, -0.2) is 37.9 Å². The van der Waals surface area contributed by atoms with Crippen LogP contribution < -0.4 is 4.90 Å². The first-order valence-corrected chi connectivity index (χ1v) is 6.79. The van der Waals surface area contributed by atoms with Crippen molar-refractivity contribution in [2.24, 2.45) is 5.92 Å². The van der Waals surface area contributed by atoms with Crippen LogP contribution >= 0.6 is 0 Å². The summed E-state index contributed by atoms with van der Waals surface area (Å²) in [4.78, 5) is 14.0. The molecular weight excluding hydrogens is 242 g/mol. The lowest BCUT2D eigenvalue weighted by Gasteiger charge is -2.35. The standard InChI is InChI=1S/C15H21NO3/c1-19-15(18)13-6-2-3-7-14(13)16-9-4-5-12(11-16)8-10-17/h2-3,6-7,12,17H,4-5,8-11H2,1H3. The number of hydrogen-bond acceptors (Lipinski definition) is 4. The van der Waals surface area contributed by atoms with E-state index in [1.54, 1.807) is 6.07 Å². The normalized spacial score (nSPS) is 19.3. The number of aliphatic hydroxyl groups excluding tert-OH is 1. The molecule has 1 N–H and O–H groups in total. The summed E-state index contributed by atoms with van der Waals surface area (Å²) < 4.78 is 4.84. The quantitative estimate of drug-likeness (QED) is 0.845. The highest BCUT2D eigenvalue weighted by molar-refractivity contribution is 5.95. The van der Waals surface area contributed by atoms with Crippen molar-refractivity contribution < 1.29 is 14.6 Å². The molecule has 0 bridgehead atoms. The molecule has 1 aromatic rings. The van der Waals surface area contributed by atoms with Gasteiger partial charge in [-0.05, 0) is 37.3 Å². The number of piperidine rings is 1. The summed E-state index contributed by atoms with van der Waals surface area (Å²) in [6.07, 6.45) is 3.08. The zero-order chi connectivity index (χ0) is 13.7. The average molecular weight is 263 g/mol. The molecule has 1 fully saturated rings. The number of carbonyl (C=O) groups is 1. The number of esters is 1. The molecule has 1 aliphatic rings. The lowest BCUT2D eigenvalue weighted by atomic mass is 9.94. The SMILES string of the molecule is COC(=O)c1ccccc1N1CCCC(CCO)C1. The zero-order valence-corrected chi connectivity index (χ0v) is 11.3. The first-order valence-electron chi connectivity index (χ1n) is 6.79. The Labute approximate surface area is 114 Å². The first-order chi connectivity index (χ1) is 9.26. The third kappa shape index (κ3) is 3.26. The highest BCUT2D eigenvalue weighted by Gasteiger charge is 2.23. The van der Waals surface area contributed by atoms with Gasteiger partial charge in [-0.15, -0.1) is 0 Å². The van der Waals surface area contributed by atoms with E-state index in [0.29, 0.717) is 11.5 Å². The van der Waals surface area contributed by atoms with Gasteiger partial charge in [-0.25, -0.2) is 4.79 Å². The first kappa shape index (κ1) is 13.9. The Morgan fingerprint density at radius 1 is 1.47 bits per heavy atom. The van der Waals surface area contributed by atoms with Crippen molar-refractivity contribution in [3.63, 3.8) is 0 Å². The van der Waals surface area contributed by atoms with E-state index >= 15 is 0 Å². The van der Waals surface area contributed by atoms with Gasteiger partial charge < -0.3 is 14.7 Å². The van der Waals surface area contributed by atoms with Crippen molar-refractivity contribution in [1.29, 1.82) is 0 Å². The Kier molecular flexibility index (Phi) is 4.80. The fourth-order valence-corrected chi connectivity index (χ4v) is 2.73. The van der Waals surface area contributed by atoms with Crippen molar-refractivity contribution in [3.05, 3.63) is 29.8 Å². The van der Waals surface area contributed by atoms with Gasteiger partial charge >= 0.3 is 5.97 Å². The Hall–Kier alpha value is -1.55. The van der Waals surface area contributed by atoms with Crippen molar-refractivity contribution in [2.45, 2.75) is 19.3 Å². The van der Waals surface area contributed by atoms with Crippen LogP contribution in [0.3, 0.4) is 0 Å². The number of rotatable bonds is 4. The van der Waals surface area contributed by atoms with Gasteiger partial charge in [0, 0.05) is 19.7 Å². The summed E-state index contributed by atoms with van der Waals surface area (Å²) in [5.74, 6) is 0.212. The maximum absolute atomic E-state index is 11.8. The molecular formula is C15H21NO3. The number of ether oxygens (including phenoxy) is 1. The van der Waals surface area contributed by atoms with Crippen LogP contribution in [0.2, 0.25) is 0 Å². The summed E-state index contributed by atoms with van der Waals surface area (Å²) in [5, 5.41) is 9.06. The smallest absolute Gasteiger partial charge is 0.339 e. The molecule has 1 aliphatic heterocycles. The highest BCUT2D eigenvalue weighted by Crippen LogP contribution is 2.27. The third-order valence-electron chi connectivity index (χ3n) is 3.71. The molecule has 2 rings (SSSR count). The number of aliphatic hydroxyl groups is 1. The summed E-state index contributed by atoms with van der Waals surface area (Å²) in [6, 6.07) is 7.56. The predicted octanol–water partition coefficient (Wildman–Crippen LogP) is 2.07. The van der Waals surface area contributed by atoms with Gasteiger partial charge in [0.25, 0.3) is 0 Å². The van der Waals surface area contributed by atoms with Crippen LogP contribution in [0.5, 0.6) is 0 Å². The van der Waals surface area contributed by atoms with Gasteiger partial charge in [0.1, 0.15) is 0 Å². The van der Waals surface area contributed by atoms with E-state index in [1.165, 1.54) is 7.11 Å². The van der Waals surface area contributed by atoms with Crippen LogP contribution in [0.15, 0.2) is 24.3 Å². The number of anilines is 1. The van der Waals surface area contributed by atoms with Crippen LogP contribution in [0.4, 0.5) is 5.69 Å². The Bertz CT molecular complexity index is 431. The minimum Gasteiger partial charge on any atom is -0.465 e. The maximum Gasteiger partial charge on any atom is 0.339 e. The van der Waals surface area contributed by atoms with E-state index in [0.717, 1.165) is 38.0 Å². The summed E-state index contributed by atoms with van der Waals surface area (Å²) in [7, 11) is 1.41. The number of carbonyl (C=O) groups excluding carboxylic acids is 1. The second kappa shape index (κ2) is 6.57. The van der Waals surface area contributed by atoms with Gasteiger partial charge in [-0.1, -0.05) is 12.1 Å². The largest absolute Gasteiger partial charge is 0.465 e. The van der Waals surface area contributed by atoms with E-state index in [-0.39, 0.29) is 12.6 Å². The molecule has 0 saturated carbocycles. The van der Waals surface area contributed by atoms with E-state index in [2.05, 4.69) is 4.90 Å². The van der Waals surface area contributed by atoms with E-state index in [9.17, 15) is 4.79 Å². The second-order valence-electron chi connectivity index (χ2n) is 4.98. The minimum atomic E-state index is -0.292. The summed E-state index contributed by atoms with van der Waals surface area (Å²) >= 11 is 0. The molecule has 1 atom stereocenters. The lowest BCUT2D eigenvalue weighted by molar-refractivity contribution is 0.0601. The van der Waals surface area contributed by atoms with Crippen LogP contribution in [0.25, 0.3) is 0 Å². The molecule has 4 heteroatoms. The fraction of sp³-hybridized carbons (Fsp3) is 0.533. The average Bonchev–Trinajstić information content (AvgIpc) is 2.47.